The molecule has 0 aromatic heterocycles. The Morgan fingerprint density at radius 2 is 2.18 bits per heavy atom. The van der Waals surface area contributed by atoms with E-state index in [-0.39, 0.29) is 17.6 Å². The molecule has 0 radical (unpaired) electrons. The minimum atomic E-state index is -0.0853. The predicted molar refractivity (Wildman–Crippen MR) is 64.4 cm³/mol. The van der Waals surface area contributed by atoms with Gasteiger partial charge in [-0.2, -0.15) is 0 Å². The molecule has 1 aliphatic rings. The predicted octanol–water partition coefficient (Wildman–Crippen LogP) is 2.25. The van der Waals surface area contributed by atoms with E-state index in [2.05, 4.69) is 5.32 Å². The van der Waals surface area contributed by atoms with Gasteiger partial charge in [-0.15, -0.1) is 0 Å². The van der Waals surface area contributed by atoms with E-state index in [1.54, 1.807) is 18.2 Å². The number of rotatable bonds is 2. The first-order valence-corrected chi connectivity index (χ1v) is 5.69. The Morgan fingerprint density at radius 1 is 1.41 bits per heavy atom. The molecule has 1 N–H and O–H groups in total. The van der Waals surface area contributed by atoms with Crippen LogP contribution in [0.15, 0.2) is 18.2 Å². The van der Waals surface area contributed by atoms with E-state index < -0.39 is 0 Å². The van der Waals surface area contributed by atoms with E-state index in [4.69, 9.17) is 4.74 Å². The Morgan fingerprint density at radius 3 is 2.88 bits per heavy atom. The van der Waals surface area contributed by atoms with Crippen LogP contribution in [0.4, 0.5) is 5.69 Å². The maximum absolute atomic E-state index is 11.8. The normalized spacial score (nSPS) is 14.6. The third-order valence-corrected chi connectivity index (χ3v) is 2.65. The van der Waals surface area contributed by atoms with Crippen molar-refractivity contribution in [3.05, 3.63) is 23.8 Å². The maximum Gasteiger partial charge on any atom is 0.227 e. The first-order valence-electron chi connectivity index (χ1n) is 5.69. The van der Waals surface area contributed by atoms with Gasteiger partial charge in [0.15, 0.2) is 5.78 Å². The first-order chi connectivity index (χ1) is 8.08. The molecular formula is C13H15NO3. The molecule has 1 aliphatic heterocycles. The lowest BCUT2D eigenvalue weighted by Gasteiger charge is -2.10. The molecular weight excluding hydrogens is 218 g/mol. The SMILES string of the molecule is CC(C)C(=O)c1ccc2c(c1)NC(=O)CCO2. The minimum absolute atomic E-state index is 0.0598. The number of ketones is 1. The molecule has 4 nitrogen and oxygen atoms in total. The van der Waals surface area contributed by atoms with Crippen LogP contribution in [0.1, 0.15) is 30.6 Å². The van der Waals surface area contributed by atoms with Gasteiger partial charge < -0.3 is 10.1 Å². The number of anilines is 1. The Hall–Kier alpha value is -1.84. The number of Topliss-reactive ketones (excluding diaryl/α,β-unsaturated/α-hetero) is 1. The first kappa shape index (κ1) is 11.6. The fourth-order valence-corrected chi connectivity index (χ4v) is 1.71. The molecule has 0 saturated heterocycles. The fourth-order valence-electron chi connectivity index (χ4n) is 1.71. The highest BCUT2D eigenvalue weighted by Crippen LogP contribution is 2.28. The second kappa shape index (κ2) is 4.57. The van der Waals surface area contributed by atoms with E-state index in [0.29, 0.717) is 30.0 Å². The second-order valence-corrected chi connectivity index (χ2v) is 4.38. The van der Waals surface area contributed by atoms with Crippen LogP contribution in [-0.4, -0.2) is 18.3 Å². The Kier molecular flexibility index (Phi) is 3.13. The van der Waals surface area contributed by atoms with Crippen LogP contribution in [0.3, 0.4) is 0 Å². The van der Waals surface area contributed by atoms with Gasteiger partial charge in [-0.25, -0.2) is 0 Å². The number of carbonyl (C=O) groups is 2. The molecule has 0 aliphatic carbocycles. The van der Waals surface area contributed by atoms with Crippen LogP contribution < -0.4 is 10.1 Å². The summed E-state index contributed by atoms with van der Waals surface area (Å²) in [4.78, 5) is 23.2. The number of hydrogen-bond donors (Lipinski definition) is 1. The van der Waals surface area contributed by atoms with Crippen LogP contribution in [0.5, 0.6) is 5.75 Å². The van der Waals surface area contributed by atoms with Crippen LogP contribution in [-0.2, 0) is 4.79 Å². The van der Waals surface area contributed by atoms with E-state index in [1.165, 1.54) is 0 Å². The summed E-state index contributed by atoms with van der Waals surface area (Å²) in [5.41, 5.74) is 1.18. The summed E-state index contributed by atoms with van der Waals surface area (Å²) < 4.78 is 5.42. The highest BCUT2D eigenvalue weighted by atomic mass is 16.5. The molecule has 0 atom stereocenters. The number of ether oxygens (including phenoxy) is 1. The van der Waals surface area contributed by atoms with Crippen LogP contribution in [0, 0.1) is 5.92 Å². The monoisotopic (exact) mass is 233 g/mol. The minimum Gasteiger partial charge on any atom is -0.491 e. The summed E-state index contributed by atoms with van der Waals surface area (Å²) in [5.74, 6) is 0.538. The smallest absolute Gasteiger partial charge is 0.227 e. The molecule has 1 heterocycles. The van der Waals surface area contributed by atoms with Crippen molar-refractivity contribution in [1.82, 2.24) is 0 Å². The van der Waals surface area contributed by atoms with E-state index in [9.17, 15) is 9.59 Å². The van der Waals surface area contributed by atoms with Gasteiger partial charge in [0.1, 0.15) is 5.75 Å². The molecule has 17 heavy (non-hydrogen) atoms. The van der Waals surface area contributed by atoms with E-state index in [0.717, 1.165) is 0 Å². The van der Waals surface area contributed by atoms with Gasteiger partial charge in [0.2, 0.25) is 5.91 Å². The lowest BCUT2D eigenvalue weighted by Crippen LogP contribution is -2.11. The molecule has 0 bridgehead atoms. The summed E-state index contributed by atoms with van der Waals surface area (Å²) in [5, 5.41) is 2.74. The number of carbonyl (C=O) groups excluding carboxylic acids is 2. The van der Waals surface area contributed by atoms with Crippen molar-refractivity contribution < 1.29 is 14.3 Å². The molecule has 0 unspecified atom stereocenters. The van der Waals surface area contributed by atoms with Gasteiger partial charge in [0, 0.05) is 11.5 Å². The second-order valence-electron chi connectivity index (χ2n) is 4.38. The van der Waals surface area contributed by atoms with E-state index in [1.807, 2.05) is 13.8 Å². The average Bonchev–Trinajstić information content (AvgIpc) is 2.47. The van der Waals surface area contributed by atoms with Crippen molar-refractivity contribution in [2.75, 3.05) is 11.9 Å². The highest BCUT2D eigenvalue weighted by Gasteiger charge is 2.17. The number of amides is 1. The van der Waals surface area contributed by atoms with Crippen LogP contribution >= 0.6 is 0 Å². The Bertz CT molecular complexity index is 466. The fraction of sp³-hybridized carbons (Fsp3) is 0.385. The van der Waals surface area contributed by atoms with Crippen molar-refractivity contribution >= 4 is 17.4 Å². The lowest BCUT2D eigenvalue weighted by molar-refractivity contribution is -0.116. The zero-order valence-corrected chi connectivity index (χ0v) is 9.95. The zero-order valence-electron chi connectivity index (χ0n) is 9.95. The molecule has 2 rings (SSSR count). The number of hydrogen-bond acceptors (Lipinski definition) is 3. The average molecular weight is 233 g/mol. The van der Waals surface area contributed by atoms with E-state index >= 15 is 0 Å². The third-order valence-electron chi connectivity index (χ3n) is 2.65. The molecule has 4 heteroatoms. The van der Waals surface area contributed by atoms with Gasteiger partial charge >= 0.3 is 0 Å². The number of nitrogens with one attached hydrogen (secondary N) is 1. The molecule has 1 aromatic rings. The van der Waals surface area contributed by atoms with Crippen molar-refractivity contribution in [3.63, 3.8) is 0 Å². The molecule has 0 spiro atoms. The topological polar surface area (TPSA) is 55.4 Å². The number of fused-ring (bicyclic) bond motifs is 1. The summed E-state index contributed by atoms with van der Waals surface area (Å²) in [7, 11) is 0. The van der Waals surface area contributed by atoms with Gasteiger partial charge in [-0.3, -0.25) is 9.59 Å². The van der Waals surface area contributed by atoms with Crippen molar-refractivity contribution in [1.29, 1.82) is 0 Å². The molecule has 1 aromatic carbocycles. The maximum atomic E-state index is 11.8. The quantitative estimate of drug-likeness (QED) is 0.797. The summed E-state index contributed by atoms with van der Waals surface area (Å²) >= 11 is 0. The Balaban J connectivity index is 2.35. The zero-order chi connectivity index (χ0) is 12.4. The molecule has 0 saturated carbocycles. The Labute approximate surface area is 100.0 Å². The van der Waals surface area contributed by atoms with Crippen molar-refractivity contribution in [3.8, 4) is 5.75 Å². The van der Waals surface area contributed by atoms with Gasteiger partial charge in [-0.05, 0) is 18.2 Å². The van der Waals surface area contributed by atoms with Gasteiger partial charge in [-0.1, -0.05) is 13.8 Å². The van der Waals surface area contributed by atoms with Gasteiger partial charge in [0.05, 0.1) is 18.7 Å². The van der Waals surface area contributed by atoms with Crippen molar-refractivity contribution in [2.45, 2.75) is 20.3 Å². The largest absolute Gasteiger partial charge is 0.491 e. The summed E-state index contributed by atoms with van der Waals surface area (Å²) in [6.45, 7) is 4.07. The summed E-state index contributed by atoms with van der Waals surface area (Å²) in [6, 6.07) is 5.15. The standard InChI is InChI=1S/C13H15NO3/c1-8(2)13(16)9-3-4-11-10(7-9)14-12(15)5-6-17-11/h3-4,7-8H,5-6H2,1-2H3,(H,14,15). The lowest BCUT2D eigenvalue weighted by atomic mass is 10.0. The third kappa shape index (κ3) is 2.46. The van der Waals surface area contributed by atoms with Gasteiger partial charge in [0.25, 0.3) is 0 Å². The molecule has 1 amide bonds. The number of benzene rings is 1. The molecule has 0 fully saturated rings. The van der Waals surface area contributed by atoms with Crippen LogP contribution in [0.25, 0.3) is 0 Å². The highest BCUT2D eigenvalue weighted by molar-refractivity contribution is 6.00. The molecule has 90 valence electrons. The van der Waals surface area contributed by atoms with Crippen molar-refractivity contribution in [2.24, 2.45) is 5.92 Å². The van der Waals surface area contributed by atoms with Crippen LogP contribution in [0.2, 0.25) is 0 Å². The summed E-state index contributed by atoms with van der Waals surface area (Å²) in [6.07, 6.45) is 0.335.